The van der Waals surface area contributed by atoms with Crippen LogP contribution >= 0.6 is 0 Å². The van der Waals surface area contributed by atoms with E-state index in [9.17, 15) is 9.59 Å². The van der Waals surface area contributed by atoms with Gasteiger partial charge in [0.25, 0.3) is 0 Å². The van der Waals surface area contributed by atoms with Gasteiger partial charge in [-0.1, -0.05) is 136 Å². The second kappa shape index (κ2) is 25.1. The lowest BCUT2D eigenvalue weighted by Crippen LogP contribution is -2.13. The third kappa shape index (κ3) is 20.6. The van der Waals surface area contributed by atoms with E-state index in [-0.39, 0.29) is 5.97 Å². The molecule has 0 unspecified atom stereocenters. The summed E-state index contributed by atoms with van der Waals surface area (Å²) in [7, 11) is 0. The molecule has 0 atom stereocenters. The Morgan fingerprint density at radius 1 is 0.556 bits per heavy atom. The zero-order valence-corrected chi connectivity index (χ0v) is 24.4. The van der Waals surface area contributed by atoms with Gasteiger partial charge in [-0.25, -0.2) is 9.59 Å². The number of rotatable bonds is 25. The van der Waals surface area contributed by atoms with E-state index in [0.29, 0.717) is 29.9 Å². The van der Waals surface area contributed by atoms with Crippen LogP contribution in [0.25, 0.3) is 0 Å². The van der Waals surface area contributed by atoms with E-state index in [1.54, 1.807) is 13.8 Å². The molecule has 0 spiro atoms. The molecule has 0 saturated carbocycles. The van der Waals surface area contributed by atoms with Crippen LogP contribution in [0, 0.1) is 0 Å². The second-order valence-electron chi connectivity index (χ2n) is 10.5. The highest BCUT2D eigenvalue weighted by molar-refractivity contribution is 5.91. The van der Waals surface area contributed by atoms with E-state index < -0.39 is 5.97 Å². The molecule has 0 bridgehead atoms. The van der Waals surface area contributed by atoms with Crippen LogP contribution in [0.3, 0.4) is 0 Å². The Morgan fingerprint density at radius 2 is 0.944 bits per heavy atom. The smallest absolute Gasteiger partial charge is 0.338 e. The lowest BCUT2D eigenvalue weighted by atomic mass is 10.0. The molecule has 36 heavy (non-hydrogen) atoms. The van der Waals surface area contributed by atoms with Crippen LogP contribution < -0.4 is 0 Å². The molecule has 4 nitrogen and oxygen atoms in total. The topological polar surface area (TPSA) is 52.6 Å². The van der Waals surface area contributed by atoms with Crippen LogP contribution in [0.4, 0.5) is 0 Å². The van der Waals surface area contributed by atoms with Gasteiger partial charge in [-0.3, -0.25) is 0 Å². The number of unbranched alkanes of at least 4 members (excludes halogenated alkanes) is 18. The number of carbonyl (C=O) groups is 2. The highest BCUT2D eigenvalue weighted by atomic mass is 16.5. The number of ether oxygens (including phenoxy) is 2. The zero-order valence-electron chi connectivity index (χ0n) is 24.4. The fraction of sp³-hybridized carbons (Fsp3) is 0.812. The van der Waals surface area contributed by atoms with Crippen molar-refractivity contribution < 1.29 is 19.1 Å². The zero-order chi connectivity index (χ0) is 26.9. The molecule has 0 aromatic rings. The van der Waals surface area contributed by atoms with Crippen molar-refractivity contribution in [3.05, 3.63) is 23.5 Å². The first kappa shape index (κ1) is 34.4. The summed E-state index contributed by atoms with van der Waals surface area (Å²) in [6, 6.07) is 0. The fourth-order valence-electron chi connectivity index (χ4n) is 4.26. The minimum absolute atomic E-state index is 0.335. The SMILES string of the molecule is C=C(C)C(=O)OC(CCCCCCCCCCCC)=C(C)C(=O)OCCCCCCCCCCCC. The molecule has 0 aromatic heterocycles. The summed E-state index contributed by atoms with van der Waals surface area (Å²) in [6.07, 6.45) is 25.4. The van der Waals surface area contributed by atoms with Crippen LogP contribution in [0.15, 0.2) is 23.5 Å². The number of allylic oxidation sites excluding steroid dienone is 1. The van der Waals surface area contributed by atoms with Gasteiger partial charge in [0.05, 0.1) is 12.2 Å². The van der Waals surface area contributed by atoms with Gasteiger partial charge in [0, 0.05) is 12.0 Å². The molecule has 0 amide bonds. The summed E-state index contributed by atoms with van der Waals surface area (Å²) >= 11 is 0. The van der Waals surface area contributed by atoms with Gasteiger partial charge in [-0.2, -0.15) is 0 Å². The van der Waals surface area contributed by atoms with Crippen LogP contribution in [-0.2, 0) is 19.1 Å². The van der Waals surface area contributed by atoms with Crippen LogP contribution in [-0.4, -0.2) is 18.5 Å². The predicted octanol–water partition coefficient (Wildman–Crippen LogP) is 10.2. The lowest BCUT2D eigenvalue weighted by Gasteiger charge is -2.13. The van der Waals surface area contributed by atoms with Crippen molar-refractivity contribution in [2.45, 2.75) is 163 Å². The Balaban J connectivity index is 4.26. The molecule has 210 valence electrons. The molecule has 0 rings (SSSR count). The minimum atomic E-state index is -0.473. The van der Waals surface area contributed by atoms with E-state index in [2.05, 4.69) is 20.4 Å². The normalized spacial score (nSPS) is 11.8. The van der Waals surface area contributed by atoms with E-state index in [1.807, 2.05) is 0 Å². The van der Waals surface area contributed by atoms with Gasteiger partial charge in [-0.05, 0) is 26.7 Å². The summed E-state index contributed by atoms with van der Waals surface area (Å²) < 4.78 is 11.0. The lowest BCUT2D eigenvalue weighted by molar-refractivity contribution is -0.140. The molecule has 0 fully saturated rings. The first-order valence-electron chi connectivity index (χ1n) is 15.2. The number of carbonyl (C=O) groups excluding carboxylic acids is 2. The maximum atomic E-state index is 12.6. The largest absolute Gasteiger partial charge is 0.462 e. The highest BCUT2D eigenvalue weighted by Crippen LogP contribution is 2.20. The molecule has 0 N–H and O–H groups in total. The molecular formula is C32H58O4. The van der Waals surface area contributed by atoms with Crippen molar-refractivity contribution in [1.29, 1.82) is 0 Å². The first-order valence-corrected chi connectivity index (χ1v) is 15.2. The Labute approximate surface area is 223 Å². The monoisotopic (exact) mass is 506 g/mol. The number of hydrogen-bond acceptors (Lipinski definition) is 4. The minimum Gasteiger partial charge on any atom is -0.462 e. The van der Waals surface area contributed by atoms with Crippen molar-refractivity contribution in [2.75, 3.05) is 6.61 Å². The Hall–Kier alpha value is -1.58. The molecule has 4 heteroatoms. The van der Waals surface area contributed by atoms with Crippen molar-refractivity contribution in [3.63, 3.8) is 0 Å². The van der Waals surface area contributed by atoms with E-state index >= 15 is 0 Å². The molecule has 0 aliphatic carbocycles. The summed E-state index contributed by atoms with van der Waals surface area (Å²) in [5, 5.41) is 0. The van der Waals surface area contributed by atoms with Crippen LogP contribution in [0.1, 0.15) is 163 Å². The predicted molar refractivity (Wildman–Crippen MR) is 153 cm³/mol. The van der Waals surface area contributed by atoms with E-state index in [1.165, 1.54) is 103 Å². The molecule has 0 aromatic carbocycles. The van der Waals surface area contributed by atoms with Gasteiger partial charge < -0.3 is 9.47 Å². The second-order valence-corrected chi connectivity index (χ2v) is 10.5. The van der Waals surface area contributed by atoms with Gasteiger partial charge in [0.1, 0.15) is 5.76 Å². The standard InChI is InChI=1S/C32H58O4/c1-6-8-10-12-14-16-18-20-22-24-26-30(36-31(33)28(3)4)29(5)32(34)35-27-25-23-21-19-17-15-13-11-9-7-2/h3,6-27H2,1-2,4-5H3. The highest BCUT2D eigenvalue weighted by Gasteiger charge is 2.17. The summed E-state index contributed by atoms with van der Waals surface area (Å²) in [6.45, 7) is 11.9. The number of hydrogen-bond donors (Lipinski definition) is 0. The summed E-state index contributed by atoms with van der Waals surface area (Å²) in [4.78, 5) is 24.7. The van der Waals surface area contributed by atoms with E-state index in [0.717, 1.165) is 25.7 Å². The molecular weight excluding hydrogens is 448 g/mol. The maximum absolute atomic E-state index is 12.6. The summed E-state index contributed by atoms with van der Waals surface area (Å²) in [5.41, 5.74) is 0.745. The Morgan fingerprint density at radius 3 is 1.36 bits per heavy atom. The third-order valence-electron chi connectivity index (χ3n) is 6.78. The van der Waals surface area contributed by atoms with Gasteiger partial charge >= 0.3 is 11.9 Å². The molecule has 0 saturated heterocycles. The van der Waals surface area contributed by atoms with E-state index in [4.69, 9.17) is 9.47 Å². The third-order valence-corrected chi connectivity index (χ3v) is 6.78. The van der Waals surface area contributed by atoms with Crippen molar-refractivity contribution in [1.82, 2.24) is 0 Å². The van der Waals surface area contributed by atoms with Crippen LogP contribution in [0.2, 0.25) is 0 Å². The van der Waals surface area contributed by atoms with Crippen molar-refractivity contribution >= 4 is 11.9 Å². The molecule has 0 aliphatic heterocycles. The van der Waals surface area contributed by atoms with Gasteiger partial charge in [-0.15, -0.1) is 0 Å². The van der Waals surface area contributed by atoms with Crippen molar-refractivity contribution in [3.8, 4) is 0 Å². The Bertz CT molecular complexity index is 605. The van der Waals surface area contributed by atoms with Crippen molar-refractivity contribution in [2.24, 2.45) is 0 Å². The van der Waals surface area contributed by atoms with Gasteiger partial charge in [0.15, 0.2) is 0 Å². The Kier molecular flexibility index (Phi) is 24.0. The first-order chi connectivity index (χ1) is 17.4. The average Bonchev–Trinajstić information content (AvgIpc) is 2.86. The maximum Gasteiger partial charge on any atom is 0.338 e. The molecule has 0 aliphatic rings. The van der Waals surface area contributed by atoms with Crippen LogP contribution in [0.5, 0.6) is 0 Å². The summed E-state index contributed by atoms with van der Waals surface area (Å²) in [5.74, 6) is -0.405. The quantitative estimate of drug-likeness (QED) is 0.0535. The van der Waals surface area contributed by atoms with Gasteiger partial charge in [0.2, 0.25) is 0 Å². The number of esters is 2. The fourth-order valence-corrected chi connectivity index (χ4v) is 4.26. The average molecular weight is 507 g/mol. The molecule has 0 radical (unpaired) electrons. The molecule has 0 heterocycles.